The average molecular weight is 422 g/mol. The van der Waals surface area contributed by atoms with Gasteiger partial charge in [0.25, 0.3) is 0 Å². The minimum absolute atomic E-state index is 1.10. The molecule has 1 aromatic heterocycles. The molecule has 0 atom stereocenters. The molecular formula is C30H47N. The molecule has 0 aliphatic rings. The Morgan fingerprint density at radius 3 is 1.42 bits per heavy atom. The van der Waals surface area contributed by atoms with E-state index in [9.17, 15) is 0 Å². The van der Waals surface area contributed by atoms with Crippen molar-refractivity contribution in [2.24, 2.45) is 0 Å². The van der Waals surface area contributed by atoms with Gasteiger partial charge in [0.2, 0.25) is 0 Å². The monoisotopic (exact) mass is 421 g/mol. The van der Waals surface area contributed by atoms with E-state index in [1.165, 1.54) is 119 Å². The lowest BCUT2D eigenvalue weighted by atomic mass is 10.0. The Morgan fingerprint density at radius 2 is 0.935 bits per heavy atom. The van der Waals surface area contributed by atoms with E-state index in [0.29, 0.717) is 0 Å². The lowest BCUT2D eigenvalue weighted by molar-refractivity contribution is 0.556. The number of benzene rings is 1. The van der Waals surface area contributed by atoms with Crippen LogP contribution in [0.3, 0.4) is 0 Å². The number of pyridine rings is 1. The van der Waals surface area contributed by atoms with Crippen molar-refractivity contribution in [3.8, 4) is 11.3 Å². The van der Waals surface area contributed by atoms with Crippen molar-refractivity contribution in [1.29, 1.82) is 0 Å². The zero-order chi connectivity index (χ0) is 22.0. The van der Waals surface area contributed by atoms with Crippen molar-refractivity contribution < 1.29 is 0 Å². The summed E-state index contributed by atoms with van der Waals surface area (Å²) in [5, 5.41) is 0. The molecule has 0 fully saturated rings. The van der Waals surface area contributed by atoms with Crippen LogP contribution in [0, 0.1) is 0 Å². The molecule has 1 heteroatoms. The molecule has 0 aliphatic carbocycles. The molecule has 2 rings (SSSR count). The Balaban J connectivity index is 1.60. The molecule has 1 heterocycles. The molecule has 0 aliphatic heterocycles. The summed E-state index contributed by atoms with van der Waals surface area (Å²) in [6.07, 6.45) is 25.2. The number of rotatable bonds is 18. The van der Waals surface area contributed by atoms with Gasteiger partial charge < -0.3 is 0 Å². The predicted molar refractivity (Wildman–Crippen MR) is 138 cm³/mol. The lowest BCUT2D eigenvalue weighted by Crippen LogP contribution is -1.91. The quantitative estimate of drug-likeness (QED) is 0.218. The van der Waals surface area contributed by atoms with Crippen LogP contribution in [0.1, 0.15) is 121 Å². The van der Waals surface area contributed by atoms with Gasteiger partial charge >= 0.3 is 0 Å². The van der Waals surface area contributed by atoms with E-state index in [0.717, 1.165) is 12.1 Å². The highest BCUT2D eigenvalue weighted by Gasteiger charge is 2.02. The minimum atomic E-state index is 1.10. The molecule has 172 valence electrons. The van der Waals surface area contributed by atoms with Crippen LogP contribution >= 0.6 is 0 Å². The SMILES string of the molecule is CCCCCCCCCCCCc1ccc(-c2ccc(CCCCCCC)cn2)cc1. The van der Waals surface area contributed by atoms with Crippen LogP contribution in [-0.2, 0) is 12.8 Å². The zero-order valence-electron chi connectivity index (χ0n) is 20.5. The van der Waals surface area contributed by atoms with Gasteiger partial charge in [-0.2, -0.15) is 0 Å². The van der Waals surface area contributed by atoms with Gasteiger partial charge in [0.05, 0.1) is 5.69 Å². The van der Waals surface area contributed by atoms with Gasteiger partial charge in [-0.05, 0) is 42.9 Å². The Bertz CT molecular complexity index is 656. The maximum absolute atomic E-state index is 4.72. The van der Waals surface area contributed by atoms with Gasteiger partial charge in [-0.25, -0.2) is 0 Å². The predicted octanol–water partition coefficient (Wildman–Crippen LogP) is 9.72. The largest absolute Gasteiger partial charge is 0.256 e. The normalized spacial score (nSPS) is 11.2. The minimum Gasteiger partial charge on any atom is -0.256 e. The smallest absolute Gasteiger partial charge is 0.0702 e. The number of hydrogen-bond acceptors (Lipinski definition) is 1. The van der Waals surface area contributed by atoms with E-state index in [1.807, 2.05) is 0 Å². The van der Waals surface area contributed by atoms with Crippen molar-refractivity contribution in [3.63, 3.8) is 0 Å². The molecule has 1 aromatic carbocycles. The summed E-state index contributed by atoms with van der Waals surface area (Å²) >= 11 is 0. The molecule has 1 nitrogen and oxygen atoms in total. The second-order valence-electron chi connectivity index (χ2n) is 9.34. The van der Waals surface area contributed by atoms with E-state index in [-0.39, 0.29) is 0 Å². The Labute approximate surface area is 193 Å². The second kappa shape index (κ2) is 17.0. The highest BCUT2D eigenvalue weighted by Crippen LogP contribution is 2.20. The fraction of sp³-hybridized carbons (Fsp3) is 0.633. The van der Waals surface area contributed by atoms with Crippen LogP contribution in [0.5, 0.6) is 0 Å². The maximum Gasteiger partial charge on any atom is 0.0702 e. The molecule has 31 heavy (non-hydrogen) atoms. The zero-order valence-corrected chi connectivity index (χ0v) is 20.5. The van der Waals surface area contributed by atoms with E-state index < -0.39 is 0 Å². The third-order valence-corrected chi connectivity index (χ3v) is 6.46. The van der Waals surface area contributed by atoms with Crippen molar-refractivity contribution in [3.05, 3.63) is 53.7 Å². The fourth-order valence-corrected chi connectivity index (χ4v) is 4.33. The number of unbranched alkanes of at least 4 members (excludes halogenated alkanes) is 13. The van der Waals surface area contributed by atoms with Crippen molar-refractivity contribution in [2.45, 2.75) is 123 Å². The standard InChI is InChI=1S/C30H47N/c1-3-5-7-9-10-11-12-13-15-16-18-27-20-23-29(24-21-27)30-25-22-28(26-31-30)19-17-14-8-6-4-2/h20-26H,3-19H2,1-2H3. The van der Waals surface area contributed by atoms with E-state index in [1.54, 1.807) is 0 Å². The number of hydrogen-bond donors (Lipinski definition) is 0. The van der Waals surface area contributed by atoms with Gasteiger partial charge in [0.15, 0.2) is 0 Å². The summed E-state index contributed by atoms with van der Waals surface area (Å²) in [5.74, 6) is 0. The first kappa shape index (κ1) is 25.6. The average Bonchev–Trinajstić information content (AvgIpc) is 2.81. The van der Waals surface area contributed by atoms with Crippen LogP contribution in [-0.4, -0.2) is 4.98 Å². The molecule has 0 saturated carbocycles. The molecule has 0 spiro atoms. The van der Waals surface area contributed by atoms with Gasteiger partial charge in [0, 0.05) is 11.8 Å². The van der Waals surface area contributed by atoms with Gasteiger partial charge in [-0.3, -0.25) is 4.98 Å². The summed E-state index contributed by atoms with van der Waals surface area (Å²) in [5.41, 5.74) is 5.17. The van der Waals surface area contributed by atoms with Gasteiger partial charge in [-0.1, -0.05) is 128 Å². The number of aryl methyl sites for hydroxylation is 2. The van der Waals surface area contributed by atoms with Crippen LogP contribution in [0.15, 0.2) is 42.6 Å². The van der Waals surface area contributed by atoms with E-state index in [2.05, 4.69) is 56.4 Å². The van der Waals surface area contributed by atoms with Crippen LogP contribution in [0.4, 0.5) is 0 Å². The van der Waals surface area contributed by atoms with Crippen LogP contribution < -0.4 is 0 Å². The van der Waals surface area contributed by atoms with Crippen LogP contribution in [0.2, 0.25) is 0 Å². The highest BCUT2D eigenvalue weighted by molar-refractivity contribution is 5.59. The maximum atomic E-state index is 4.72. The third kappa shape index (κ3) is 11.5. The van der Waals surface area contributed by atoms with Gasteiger partial charge in [0.1, 0.15) is 0 Å². The first-order valence-corrected chi connectivity index (χ1v) is 13.4. The summed E-state index contributed by atoms with van der Waals surface area (Å²) < 4.78 is 0. The van der Waals surface area contributed by atoms with Gasteiger partial charge in [-0.15, -0.1) is 0 Å². The fourth-order valence-electron chi connectivity index (χ4n) is 4.33. The van der Waals surface area contributed by atoms with Crippen LogP contribution in [0.25, 0.3) is 11.3 Å². The molecule has 0 bridgehead atoms. The Kier molecular flexibility index (Phi) is 14.0. The molecular weight excluding hydrogens is 374 g/mol. The third-order valence-electron chi connectivity index (χ3n) is 6.46. The summed E-state index contributed by atoms with van der Waals surface area (Å²) in [7, 11) is 0. The molecule has 0 unspecified atom stereocenters. The summed E-state index contributed by atoms with van der Waals surface area (Å²) in [6, 6.07) is 13.5. The van der Waals surface area contributed by atoms with Crippen molar-refractivity contribution >= 4 is 0 Å². The Morgan fingerprint density at radius 1 is 0.484 bits per heavy atom. The molecule has 0 radical (unpaired) electrons. The molecule has 0 amide bonds. The summed E-state index contributed by atoms with van der Waals surface area (Å²) in [6.45, 7) is 4.56. The Hall–Kier alpha value is -1.63. The first-order valence-electron chi connectivity index (χ1n) is 13.4. The topological polar surface area (TPSA) is 12.9 Å². The highest BCUT2D eigenvalue weighted by atomic mass is 14.7. The number of aromatic nitrogens is 1. The molecule has 0 saturated heterocycles. The molecule has 2 aromatic rings. The molecule has 0 N–H and O–H groups in total. The van der Waals surface area contributed by atoms with Crippen molar-refractivity contribution in [1.82, 2.24) is 4.98 Å². The summed E-state index contributed by atoms with van der Waals surface area (Å²) in [4.78, 5) is 4.72. The van der Waals surface area contributed by atoms with E-state index >= 15 is 0 Å². The van der Waals surface area contributed by atoms with E-state index in [4.69, 9.17) is 4.98 Å². The first-order chi connectivity index (χ1) is 15.3. The van der Waals surface area contributed by atoms with Crippen molar-refractivity contribution in [2.75, 3.05) is 0 Å². The second-order valence-corrected chi connectivity index (χ2v) is 9.34. The lowest BCUT2D eigenvalue weighted by Gasteiger charge is -2.06. The number of nitrogens with zero attached hydrogens (tertiary/aromatic N) is 1.